The van der Waals surface area contributed by atoms with Gasteiger partial charge < -0.3 is 5.73 Å². The zero-order chi connectivity index (χ0) is 12.0. The first-order valence-electron chi connectivity index (χ1n) is 5.95. The van der Waals surface area contributed by atoms with Gasteiger partial charge in [-0.25, -0.2) is 0 Å². The maximum atomic E-state index is 8.84. The maximum absolute atomic E-state index is 8.84. The van der Waals surface area contributed by atoms with Crippen LogP contribution in [0.25, 0.3) is 0 Å². The average Bonchev–Trinajstić information content (AvgIpc) is 2.29. The predicted molar refractivity (Wildman–Crippen MR) is 67.0 cm³/mol. The topological polar surface area (TPSA) is 49.8 Å². The molecule has 0 radical (unpaired) electrons. The molecule has 1 aromatic rings. The smallest absolute Gasteiger partial charge is 0.0994 e. The van der Waals surface area contributed by atoms with Gasteiger partial charge >= 0.3 is 0 Å². The molecule has 86 valence electrons. The van der Waals surface area contributed by atoms with Crippen molar-refractivity contribution < 1.29 is 0 Å². The van der Waals surface area contributed by atoms with Crippen LogP contribution >= 0.6 is 0 Å². The second-order valence-corrected chi connectivity index (χ2v) is 4.29. The minimum atomic E-state index is 0.109. The van der Waals surface area contributed by atoms with Crippen molar-refractivity contribution in [1.29, 1.82) is 5.26 Å². The lowest BCUT2D eigenvalue weighted by atomic mass is 9.98. The van der Waals surface area contributed by atoms with Crippen LogP contribution < -0.4 is 5.73 Å². The number of hydrogen-bond acceptors (Lipinski definition) is 2. The van der Waals surface area contributed by atoms with Gasteiger partial charge in [-0.3, -0.25) is 0 Å². The Morgan fingerprint density at radius 1 is 1.38 bits per heavy atom. The van der Waals surface area contributed by atoms with Gasteiger partial charge in [0, 0.05) is 6.04 Å². The molecule has 0 aliphatic rings. The lowest BCUT2D eigenvalue weighted by molar-refractivity contribution is 0.581. The molecular formula is C14H20N2. The largest absolute Gasteiger partial charge is 0.324 e. The highest BCUT2D eigenvalue weighted by Gasteiger charge is 2.07. The molecule has 0 bridgehead atoms. The fourth-order valence-corrected chi connectivity index (χ4v) is 1.82. The maximum Gasteiger partial charge on any atom is 0.0994 e. The summed E-state index contributed by atoms with van der Waals surface area (Å²) < 4.78 is 0. The van der Waals surface area contributed by atoms with Crippen molar-refractivity contribution in [1.82, 2.24) is 0 Å². The molecule has 16 heavy (non-hydrogen) atoms. The first-order chi connectivity index (χ1) is 7.69. The highest BCUT2D eigenvalue weighted by atomic mass is 14.6. The molecule has 2 heteroatoms. The van der Waals surface area contributed by atoms with Crippen LogP contribution in [0.2, 0.25) is 0 Å². The number of benzene rings is 1. The van der Waals surface area contributed by atoms with Crippen molar-refractivity contribution in [3.8, 4) is 6.07 Å². The fraction of sp³-hybridized carbons (Fsp3) is 0.500. The molecule has 1 rings (SSSR count). The van der Waals surface area contributed by atoms with Gasteiger partial charge in [0.2, 0.25) is 0 Å². The van der Waals surface area contributed by atoms with E-state index in [-0.39, 0.29) is 6.04 Å². The van der Waals surface area contributed by atoms with E-state index in [1.807, 2.05) is 25.1 Å². The van der Waals surface area contributed by atoms with E-state index >= 15 is 0 Å². The Bertz CT molecular complexity index is 377. The van der Waals surface area contributed by atoms with Crippen molar-refractivity contribution in [2.24, 2.45) is 5.73 Å². The van der Waals surface area contributed by atoms with E-state index in [0.717, 1.165) is 23.1 Å². The zero-order valence-electron chi connectivity index (χ0n) is 10.2. The van der Waals surface area contributed by atoms with Gasteiger partial charge in [0.15, 0.2) is 0 Å². The standard InChI is InChI=1S/C14H20N2/c1-3-4-5-6-14(16)12-7-8-13(10-15)11(2)9-12/h7-9,14H,3-6,16H2,1-2H3. The van der Waals surface area contributed by atoms with Crippen LogP contribution in [0.3, 0.4) is 0 Å². The SMILES string of the molecule is CCCCCC(N)c1ccc(C#N)c(C)c1. The van der Waals surface area contributed by atoms with E-state index in [9.17, 15) is 0 Å². The van der Waals surface area contributed by atoms with Crippen molar-refractivity contribution in [3.05, 3.63) is 34.9 Å². The predicted octanol–water partition coefficient (Wildman–Crippen LogP) is 3.45. The van der Waals surface area contributed by atoms with E-state index in [4.69, 9.17) is 11.0 Å². The molecule has 1 atom stereocenters. The molecule has 0 saturated heterocycles. The quantitative estimate of drug-likeness (QED) is 0.766. The molecule has 0 heterocycles. The minimum absolute atomic E-state index is 0.109. The minimum Gasteiger partial charge on any atom is -0.324 e. The van der Waals surface area contributed by atoms with Crippen LogP contribution in [-0.2, 0) is 0 Å². The number of nitriles is 1. The van der Waals surface area contributed by atoms with Gasteiger partial charge in [-0.05, 0) is 30.5 Å². The fourth-order valence-electron chi connectivity index (χ4n) is 1.82. The van der Waals surface area contributed by atoms with Crippen LogP contribution in [0, 0.1) is 18.3 Å². The molecule has 1 aromatic carbocycles. The summed E-state index contributed by atoms with van der Waals surface area (Å²) in [6, 6.07) is 8.16. The zero-order valence-corrected chi connectivity index (χ0v) is 10.2. The van der Waals surface area contributed by atoms with E-state index in [0.29, 0.717) is 0 Å². The van der Waals surface area contributed by atoms with Gasteiger partial charge in [0.05, 0.1) is 11.6 Å². The molecular weight excluding hydrogens is 196 g/mol. The molecule has 0 saturated carbocycles. The Morgan fingerprint density at radius 2 is 2.12 bits per heavy atom. The first-order valence-corrected chi connectivity index (χ1v) is 5.95. The highest BCUT2D eigenvalue weighted by Crippen LogP contribution is 2.20. The van der Waals surface area contributed by atoms with Crippen LogP contribution in [-0.4, -0.2) is 0 Å². The lowest BCUT2D eigenvalue weighted by Gasteiger charge is -2.12. The Kier molecular flexibility index (Phi) is 5.01. The lowest BCUT2D eigenvalue weighted by Crippen LogP contribution is -2.10. The summed E-state index contributed by atoms with van der Waals surface area (Å²) in [6.07, 6.45) is 4.66. The summed E-state index contributed by atoms with van der Waals surface area (Å²) in [7, 11) is 0. The third kappa shape index (κ3) is 3.36. The van der Waals surface area contributed by atoms with Crippen LogP contribution in [0.15, 0.2) is 18.2 Å². The van der Waals surface area contributed by atoms with Gasteiger partial charge in [0.25, 0.3) is 0 Å². The molecule has 0 aliphatic carbocycles. The second-order valence-electron chi connectivity index (χ2n) is 4.29. The molecule has 2 nitrogen and oxygen atoms in total. The Hall–Kier alpha value is -1.33. The van der Waals surface area contributed by atoms with Crippen LogP contribution in [0.5, 0.6) is 0 Å². The van der Waals surface area contributed by atoms with Gasteiger partial charge in [-0.1, -0.05) is 38.3 Å². The van der Waals surface area contributed by atoms with Gasteiger partial charge in [0.1, 0.15) is 0 Å². The van der Waals surface area contributed by atoms with Crippen LogP contribution in [0.4, 0.5) is 0 Å². The Morgan fingerprint density at radius 3 is 2.69 bits per heavy atom. The van der Waals surface area contributed by atoms with Crippen molar-refractivity contribution in [3.63, 3.8) is 0 Å². The summed E-state index contributed by atoms with van der Waals surface area (Å²) in [5.74, 6) is 0. The molecule has 0 aliphatic heterocycles. The Labute approximate surface area is 98.1 Å². The summed E-state index contributed by atoms with van der Waals surface area (Å²) in [4.78, 5) is 0. The van der Waals surface area contributed by atoms with E-state index in [2.05, 4.69) is 13.0 Å². The molecule has 1 unspecified atom stereocenters. The Balaban J connectivity index is 2.66. The van der Waals surface area contributed by atoms with E-state index in [1.54, 1.807) is 0 Å². The first kappa shape index (κ1) is 12.7. The molecule has 2 N–H and O–H groups in total. The third-order valence-corrected chi connectivity index (χ3v) is 2.92. The highest BCUT2D eigenvalue weighted by molar-refractivity contribution is 5.40. The second kappa shape index (κ2) is 6.30. The summed E-state index contributed by atoms with van der Waals surface area (Å²) in [5.41, 5.74) is 9.02. The molecule has 0 aromatic heterocycles. The van der Waals surface area contributed by atoms with Crippen molar-refractivity contribution in [2.45, 2.75) is 45.6 Å². The number of hydrogen-bond donors (Lipinski definition) is 1. The number of unbranched alkanes of at least 4 members (excludes halogenated alkanes) is 2. The van der Waals surface area contributed by atoms with Gasteiger partial charge in [-0.2, -0.15) is 5.26 Å². The number of rotatable bonds is 5. The molecule has 0 amide bonds. The summed E-state index contributed by atoms with van der Waals surface area (Å²) in [5, 5.41) is 8.84. The third-order valence-electron chi connectivity index (χ3n) is 2.92. The van der Waals surface area contributed by atoms with Crippen LogP contribution in [0.1, 0.15) is 55.3 Å². The van der Waals surface area contributed by atoms with E-state index < -0.39 is 0 Å². The molecule has 0 fully saturated rings. The molecule has 0 spiro atoms. The number of nitrogens with two attached hydrogens (primary N) is 1. The summed E-state index contributed by atoms with van der Waals surface area (Å²) >= 11 is 0. The normalized spacial score (nSPS) is 12.1. The van der Waals surface area contributed by atoms with Crippen molar-refractivity contribution in [2.75, 3.05) is 0 Å². The monoisotopic (exact) mass is 216 g/mol. The van der Waals surface area contributed by atoms with Crippen molar-refractivity contribution >= 4 is 0 Å². The number of aryl methyl sites for hydroxylation is 1. The number of nitrogens with zero attached hydrogens (tertiary/aromatic N) is 1. The van der Waals surface area contributed by atoms with E-state index in [1.165, 1.54) is 19.3 Å². The van der Waals surface area contributed by atoms with Gasteiger partial charge in [-0.15, -0.1) is 0 Å². The summed E-state index contributed by atoms with van der Waals surface area (Å²) in [6.45, 7) is 4.15. The average molecular weight is 216 g/mol.